The summed E-state index contributed by atoms with van der Waals surface area (Å²) in [6.45, 7) is 4.56. The number of phenols is 1. The predicted molar refractivity (Wildman–Crippen MR) is 90.2 cm³/mol. The van der Waals surface area contributed by atoms with Crippen LogP contribution in [0.3, 0.4) is 0 Å². The third-order valence-corrected chi connectivity index (χ3v) is 4.52. The second kappa shape index (κ2) is 7.01. The molecule has 1 fully saturated rings. The Bertz CT molecular complexity index is 698. The van der Waals surface area contributed by atoms with Crippen molar-refractivity contribution >= 4 is 16.7 Å². The number of nitrogens with zero attached hydrogens (tertiary/aromatic N) is 1. The molecule has 1 unspecified atom stereocenters. The van der Waals surface area contributed by atoms with Gasteiger partial charge in [0.25, 0.3) is 0 Å². The van der Waals surface area contributed by atoms with E-state index in [0.29, 0.717) is 25.4 Å². The molecule has 1 aliphatic rings. The Hall–Kier alpha value is -2.07. The first-order chi connectivity index (χ1) is 11.2. The van der Waals surface area contributed by atoms with Crippen LogP contribution in [0.15, 0.2) is 36.4 Å². The van der Waals surface area contributed by atoms with Gasteiger partial charge in [-0.3, -0.25) is 9.69 Å². The summed E-state index contributed by atoms with van der Waals surface area (Å²) in [4.78, 5) is 14.2. The van der Waals surface area contributed by atoms with E-state index in [1.54, 1.807) is 6.07 Å². The van der Waals surface area contributed by atoms with E-state index in [1.807, 2.05) is 31.2 Å². The predicted octanol–water partition coefficient (Wildman–Crippen LogP) is 3.32. The quantitative estimate of drug-likeness (QED) is 0.880. The van der Waals surface area contributed by atoms with Crippen LogP contribution in [0, 0.1) is 5.92 Å². The Labute approximate surface area is 136 Å². The number of rotatable bonds is 4. The zero-order chi connectivity index (χ0) is 16.2. The first kappa shape index (κ1) is 15.8. The Morgan fingerprint density at radius 2 is 2.13 bits per heavy atom. The molecule has 0 bridgehead atoms. The lowest BCUT2D eigenvalue weighted by Gasteiger charge is -2.31. The monoisotopic (exact) mass is 313 g/mol. The summed E-state index contributed by atoms with van der Waals surface area (Å²) in [6.07, 6.45) is 1.87. The number of phenolic OH excluding ortho intramolecular Hbond substituents is 1. The molecule has 0 amide bonds. The second-order valence-corrected chi connectivity index (χ2v) is 6.11. The van der Waals surface area contributed by atoms with Crippen LogP contribution in [0.2, 0.25) is 0 Å². The molecule has 1 aliphatic heterocycles. The number of benzene rings is 2. The molecule has 2 aromatic carbocycles. The first-order valence-corrected chi connectivity index (χ1v) is 8.27. The summed E-state index contributed by atoms with van der Waals surface area (Å²) < 4.78 is 5.16. The number of aromatic hydroxyl groups is 1. The van der Waals surface area contributed by atoms with Crippen LogP contribution >= 0.6 is 0 Å². The van der Waals surface area contributed by atoms with E-state index in [1.165, 1.54) is 0 Å². The van der Waals surface area contributed by atoms with E-state index in [4.69, 9.17) is 4.74 Å². The molecular weight excluding hydrogens is 290 g/mol. The third-order valence-electron chi connectivity index (χ3n) is 4.52. The minimum atomic E-state index is -0.0978. The van der Waals surface area contributed by atoms with Crippen molar-refractivity contribution in [2.75, 3.05) is 19.7 Å². The average Bonchev–Trinajstić information content (AvgIpc) is 2.58. The number of likely N-dealkylation sites (tertiary alicyclic amines) is 1. The van der Waals surface area contributed by atoms with Gasteiger partial charge in [0.1, 0.15) is 5.75 Å². The van der Waals surface area contributed by atoms with Gasteiger partial charge in [-0.25, -0.2) is 0 Å². The van der Waals surface area contributed by atoms with Crippen molar-refractivity contribution in [1.29, 1.82) is 0 Å². The summed E-state index contributed by atoms with van der Waals surface area (Å²) in [6, 6.07) is 11.8. The van der Waals surface area contributed by atoms with Gasteiger partial charge < -0.3 is 9.84 Å². The zero-order valence-corrected chi connectivity index (χ0v) is 13.5. The maximum atomic E-state index is 12.0. The molecule has 3 rings (SSSR count). The molecule has 0 aromatic heterocycles. The second-order valence-electron chi connectivity index (χ2n) is 6.11. The minimum Gasteiger partial charge on any atom is -0.508 e. The summed E-state index contributed by atoms with van der Waals surface area (Å²) in [5.41, 5.74) is 0.938. The molecule has 2 aromatic rings. The average molecular weight is 313 g/mol. The summed E-state index contributed by atoms with van der Waals surface area (Å²) in [5.74, 6) is 0.169. The molecular formula is C19H23NO3. The van der Waals surface area contributed by atoms with Crippen molar-refractivity contribution in [3.8, 4) is 5.75 Å². The Morgan fingerprint density at radius 1 is 1.30 bits per heavy atom. The normalized spacial score (nSPS) is 18.9. The van der Waals surface area contributed by atoms with Gasteiger partial charge >= 0.3 is 5.97 Å². The number of carbonyl (C=O) groups excluding carboxylic acids is 1. The van der Waals surface area contributed by atoms with E-state index < -0.39 is 0 Å². The fourth-order valence-electron chi connectivity index (χ4n) is 3.37. The lowest BCUT2D eigenvalue weighted by Crippen LogP contribution is -2.39. The van der Waals surface area contributed by atoms with Crippen molar-refractivity contribution in [2.24, 2.45) is 5.92 Å². The Morgan fingerprint density at radius 3 is 2.96 bits per heavy atom. The molecule has 122 valence electrons. The van der Waals surface area contributed by atoms with Crippen LogP contribution in [-0.4, -0.2) is 35.7 Å². The van der Waals surface area contributed by atoms with Gasteiger partial charge in [0.05, 0.1) is 12.5 Å². The number of hydrogen-bond donors (Lipinski definition) is 1. The lowest BCUT2D eigenvalue weighted by atomic mass is 9.96. The number of hydrogen-bond acceptors (Lipinski definition) is 4. The third kappa shape index (κ3) is 3.48. The zero-order valence-electron chi connectivity index (χ0n) is 13.5. The van der Waals surface area contributed by atoms with Crippen molar-refractivity contribution in [3.05, 3.63) is 42.0 Å². The van der Waals surface area contributed by atoms with Gasteiger partial charge in [-0.2, -0.15) is 0 Å². The molecule has 0 radical (unpaired) electrons. The summed E-state index contributed by atoms with van der Waals surface area (Å²) in [5, 5.41) is 12.5. The van der Waals surface area contributed by atoms with E-state index >= 15 is 0 Å². The molecule has 4 nitrogen and oxygen atoms in total. The lowest BCUT2D eigenvalue weighted by molar-refractivity contribution is -0.150. The van der Waals surface area contributed by atoms with E-state index in [2.05, 4.69) is 11.0 Å². The molecule has 1 N–H and O–H groups in total. The van der Waals surface area contributed by atoms with Gasteiger partial charge in [-0.1, -0.05) is 30.3 Å². The van der Waals surface area contributed by atoms with Crippen LogP contribution in [0.5, 0.6) is 5.75 Å². The number of ether oxygens (including phenoxy) is 1. The summed E-state index contributed by atoms with van der Waals surface area (Å²) in [7, 11) is 0. The van der Waals surface area contributed by atoms with Crippen LogP contribution in [-0.2, 0) is 16.1 Å². The highest BCUT2D eigenvalue weighted by molar-refractivity contribution is 5.87. The maximum absolute atomic E-state index is 12.0. The SMILES string of the molecule is CCOC(=O)C1CCCN(Cc2c(O)ccc3ccccc23)C1. The van der Waals surface area contributed by atoms with Crippen LogP contribution in [0.25, 0.3) is 10.8 Å². The molecule has 1 heterocycles. The van der Waals surface area contributed by atoms with E-state index in [9.17, 15) is 9.90 Å². The largest absolute Gasteiger partial charge is 0.508 e. The number of fused-ring (bicyclic) bond motifs is 1. The Balaban J connectivity index is 1.79. The van der Waals surface area contributed by atoms with Crippen LogP contribution < -0.4 is 0 Å². The van der Waals surface area contributed by atoms with Gasteiger partial charge in [0.2, 0.25) is 0 Å². The highest BCUT2D eigenvalue weighted by Gasteiger charge is 2.27. The van der Waals surface area contributed by atoms with Gasteiger partial charge in [0.15, 0.2) is 0 Å². The van der Waals surface area contributed by atoms with E-state index in [-0.39, 0.29) is 11.9 Å². The van der Waals surface area contributed by atoms with E-state index in [0.717, 1.165) is 35.7 Å². The van der Waals surface area contributed by atoms with Crippen molar-refractivity contribution in [2.45, 2.75) is 26.3 Å². The van der Waals surface area contributed by atoms with Crippen LogP contribution in [0.4, 0.5) is 0 Å². The maximum Gasteiger partial charge on any atom is 0.310 e. The van der Waals surface area contributed by atoms with Gasteiger partial charge in [-0.15, -0.1) is 0 Å². The topological polar surface area (TPSA) is 49.8 Å². The number of piperidine rings is 1. The molecule has 0 spiro atoms. The Kier molecular flexibility index (Phi) is 4.82. The summed E-state index contributed by atoms with van der Waals surface area (Å²) >= 11 is 0. The highest BCUT2D eigenvalue weighted by Crippen LogP contribution is 2.30. The molecule has 0 saturated carbocycles. The molecule has 1 atom stereocenters. The number of esters is 1. The van der Waals surface area contributed by atoms with Crippen molar-refractivity contribution in [1.82, 2.24) is 4.90 Å². The number of carbonyl (C=O) groups is 1. The fourth-order valence-corrected chi connectivity index (χ4v) is 3.37. The molecule has 4 heteroatoms. The van der Waals surface area contributed by atoms with Crippen molar-refractivity contribution in [3.63, 3.8) is 0 Å². The highest BCUT2D eigenvalue weighted by atomic mass is 16.5. The molecule has 23 heavy (non-hydrogen) atoms. The molecule has 0 aliphatic carbocycles. The minimum absolute atomic E-state index is 0.0548. The fraction of sp³-hybridized carbons (Fsp3) is 0.421. The van der Waals surface area contributed by atoms with Gasteiger partial charge in [-0.05, 0) is 43.1 Å². The molecule has 1 saturated heterocycles. The van der Waals surface area contributed by atoms with Crippen LogP contribution in [0.1, 0.15) is 25.3 Å². The first-order valence-electron chi connectivity index (χ1n) is 8.27. The van der Waals surface area contributed by atoms with Gasteiger partial charge in [0, 0.05) is 18.7 Å². The standard InChI is InChI=1S/C19H23NO3/c1-2-23-19(22)15-7-5-11-20(12-15)13-17-16-8-4-3-6-14(16)9-10-18(17)21/h3-4,6,8-10,15,21H,2,5,7,11-13H2,1H3. The van der Waals surface area contributed by atoms with Crippen molar-refractivity contribution < 1.29 is 14.6 Å². The smallest absolute Gasteiger partial charge is 0.310 e.